The van der Waals surface area contributed by atoms with Crippen LogP contribution in [0.3, 0.4) is 0 Å². The van der Waals surface area contributed by atoms with E-state index in [1.54, 1.807) is 19.2 Å². The second kappa shape index (κ2) is 12.1. The van der Waals surface area contributed by atoms with Crippen LogP contribution in [0.4, 0.5) is 4.39 Å². The van der Waals surface area contributed by atoms with E-state index in [2.05, 4.69) is 39.8 Å². The molecule has 4 rings (SSSR count). The molecule has 0 amide bonds. The molecule has 4 nitrogen and oxygen atoms in total. The molecular weight excluding hydrogens is 491 g/mol. The van der Waals surface area contributed by atoms with E-state index in [0.717, 1.165) is 41.5 Å². The highest BCUT2D eigenvalue weighted by Gasteiger charge is 2.30. The van der Waals surface area contributed by atoms with Gasteiger partial charge in [-0.1, -0.05) is 58.0 Å². The Balaban J connectivity index is 1.64. The fraction of sp³-hybridized carbons (Fsp3) is 0.382. The third kappa shape index (κ3) is 6.89. The molecule has 0 heterocycles. The fourth-order valence-corrected chi connectivity index (χ4v) is 5.58. The van der Waals surface area contributed by atoms with Gasteiger partial charge in [0.25, 0.3) is 0 Å². The molecule has 39 heavy (non-hydrogen) atoms. The van der Waals surface area contributed by atoms with Crippen LogP contribution in [0.25, 0.3) is 16.7 Å². The number of ether oxygens (including phenoxy) is 2. The first-order valence-electron chi connectivity index (χ1n) is 13.7. The second-order valence-electron chi connectivity index (χ2n) is 11.6. The number of carboxylic acid groups (broad SMARTS) is 1. The normalized spacial score (nSPS) is 15.2. The van der Waals surface area contributed by atoms with Crippen molar-refractivity contribution in [3.63, 3.8) is 0 Å². The van der Waals surface area contributed by atoms with Crippen molar-refractivity contribution in [2.24, 2.45) is 11.3 Å². The Hall–Kier alpha value is -3.60. The number of hydrogen-bond donors (Lipinski definition) is 1. The minimum atomic E-state index is -0.795. The SMILES string of the molecule is COc1ccc(F)c(-c2ccc(COc3cccc(C(CC(=O)O)CC(C)C)c3)cc2C2=CCCC2(C)C)c1. The minimum absolute atomic E-state index is 0.0204. The monoisotopic (exact) mass is 530 g/mol. The molecule has 3 aromatic carbocycles. The number of allylic oxidation sites excluding steroid dienone is 2. The maximum atomic E-state index is 15.0. The Bertz CT molecular complexity index is 1360. The number of hydrogen-bond acceptors (Lipinski definition) is 3. The quantitative estimate of drug-likeness (QED) is 0.269. The minimum Gasteiger partial charge on any atom is -0.497 e. The van der Waals surface area contributed by atoms with Crippen molar-refractivity contribution in [1.82, 2.24) is 0 Å². The molecule has 1 aliphatic carbocycles. The van der Waals surface area contributed by atoms with Crippen LogP contribution < -0.4 is 9.47 Å². The van der Waals surface area contributed by atoms with Gasteiger partial charge in [0.15, 0.2) is 0 Å². The number of halogens is 1. The molecule has 0 spiro atoms. The zero-order chi connectivity index (χ0) is 28.2. The van der Waals surface area contributed by atoms with Crippen molar-refractivity contribution < 1.29 is 23.8 Å². The number of benzene rings is 3. The standard InChI is InChI=1S/C34H39FO4/c1-22(2)16-25(19-33(36)37)24-8-6-9-27(18-24)39-21-23-11-13-28(30-20-26(38-5)12-14-32(30)35)29(17-23)31-10-7-15-34(31,3)4/h6,8-14,17-18,20,22,25H,7,15-16,19,21H2,1-5H3,(H,36,37). The van der Waals surface area contributed by atoms with Gasteiger partial charge in [-0.3, -0.25) is 4.79 Å². The Morgan fingerprint density at radius 2 is 1.79 bits per heavy atom. The van der Waals surface area contributed by atoms with Gasteiger partial charge in [0.1, 0.15) is 23.9 Å². The van der Waals surface area contributed by atoms with Crippen LogP contribution in [-0.2, 0) is 11.4 Å². The maximum Gasteiger partial charge on any atom is 0.303 e. The van der Waals surface area contributed by atoms with Gasteiger partial charge in [-0.05, 0) is 101 Å². The lowest BCUT2D eigenvalue weighted by Crippen LogP contribution is -2.10. The highest BCUT2D eigenvalue weighted by atomic mass is 19.1. The predicted molar refractivity (Wildman–Crippen MR) is 155 cm³/mol. The van der Waals surface area contributed by atoms with Crippen LogP contribution in [0.15, 0.2) is 66.7 Å². The average Bonchev–Trinajstić information content (AvgIpc) is 3.25. The lowest BCUT2D eigenvalue weighted by Gasteiger charge is -2.25. The van der Waals surface area contributed by atoms with E-state index >= 15 is 4.39 Å². The van der Waals surface area contributed by atoms with E-state index in [1.165, 1.54) is 11.6 Å². The fourth-order valence-electron chi connectivity index (χ4n) is 5.58. The first-order chi connectivity index (χ1) is 18.6. The van der Waals surface area contributed by atoms with Crippen LogP contribution in [0.1, 0.15) is 76.0 Å². The van der Waals surface area contributed by atoms with Crippen LogP contribution in [0.5, 0.6) is 11.5 Å². The van der Waals surface area contributed by atoms with Gasteiger partial charge in [-0.2, -0.15) is 0 Å². The summed E-state index contributed by atoms with van der Waals surface area (Å²) in [6, 6.07) is 18.7. The molecule has 1 atom stereocenters. The van der Waals surface area contributed by atoms with Crippen LogP contribution in [0, 0.1) is 17.2 Å². The number of carbonyl (C=O) groups is 1. The van der Waals surface area contributed by atoms with Gasteiger partial charge < -0.3 is 14.6 Å². The molecule has 0 aliphatic heterocycles. The summed E-state index contributed by atoms with van der Waals surface area (Å²) in [5, 5.41) is 9.42. The van der Waals surface area contributed by atoms with Gasteiger partial charge in [-0.15, -0.1) is 0 Å². The van der Waals surface area contributed by atoms with Gasteiger partial charge in [0, 0.05) is 5.56 Å². The van der Waals surface area contributed by atoms with E-state index in [1.807, 2.05) is 36.4 Å². The van der Waals surface area contributed by atoms with E-state index in [4.69, 9.17) is 9.47 Å². The third-order valence-electron chi connectivity index (χ3n) is 7.60. The van der Waals surface area contributed by atoms with Crippen molar-refractivity contribution in [3.8, 4) is 22.6 Å². The summed E-state index contributed by atoms with van der Waals surface area (Å²) in [5.41, 5.74) is 5.52. The number of rotatable bonds is 11. The highest BCUT2D eigenvalue weighted by Crippen LogP contribution is 2.47. The summed E-state index contributed by atoms with van der Waals surface area (Å²) < 4.78 is 26.6. The van der Waals surface area contributed by atoms with Crippen LogP contribution in [0.2, 0.25) is 0 Å². The van der Waals surface area contributed by atoms with Crippen molar-refractivity contribution in [1.29, 1.82) is 0 Å². The lowest BCUT2D eigenvalue weighted by atomic mass is 9.79. The molecule has 0 bridgehead atoms. The molecule has 3 aromatic rings. The Morgan fingerprint density at radius 1 is 1.00 bits per heavy atom. The molecule has 0 aromatic heterocycles. The molecule has 5 heteroatoms. The van der Waals surface area contributed by atoms with Crippen LogP contribution >= 0.6 is 0 Å². The maximum absolute atomic E-state index is 15.0. The van der Waals surface area contributed by atoms with Crippen molar-refractivity contribution in [2.75, 3.05) is 7.11 Å². The Kier molecular flexibility index (Phi) is 8.79. The van der Waals surface area contributed by atoms with Crippen molar-refractivity contribution in [2.45, 2.75) is 65.9 Å². The topological polar surface area (TPSA) is 55.8 Å². The zero-order valence-corrected chi connectivity index (χ0v) is 23.6. The van der Waals surface area contributed by atoms with Gasteiger partial charge in [-0.25, -0.2) is 4.39 Å². The van der Waals surface area contributed by atoms with Gasteiger partial charge >= 0.3 is 5.97 Å². The van der Waals surface area contributed by atoms with E-state index < -0.39 is 5.97 Å². The first-order valence-corrected chi connectivity index (χ1v) is 13.7. The van der Waals surface area contributed by atoms with Crippen molar-refractivity contribution >= 4 is 11.5 Å². The third-order valence-corrected chi connectivity index (χ3v) is 7.60. The smallest absolute Gasteiger partial charge is 0.303 e. The number of aliphatic carboxylic acids is 1. The zero-order valence-electron chi connectivity index (χ0n) is 23.6. The van der Waals surface area contributed by atoms with E-state index in [-0.39, 0.29) is 23.6 Å². The number of methoxy groups -OCH3 is 1. The Morgan fingerprint density at radius 3 is 2.46 bits per heavy atom. The molecule has 1 aliphatic rings. The highest BCUT2D eigenvalue weighted by molar-refractivity contribution is 5.85. The summed E-state index contributed by atoms with van der Waals surface area (Å²) in [6.07, 6.45) is 5.19. The molecule has 1 unspecified atom stereocenters. The summed E-state index contributed by atoms with van der Waals surface area (Å²) in [4.78, 5) is 11.5. The Labute approximate surface area is 231 Å². The largest absolute Gasteiger partial charge is 0.497 e. The van der Waals surface area contributed by atoms with E-state index in [9.17, 15) is 9.90 Å². The van der Waals surface area contributed by atoms with Crippen molar-refractivity contribution in [3.05, 3.63) is 89.2 Å². The molecule has 206 valence electrons. The molecule has 0 radical (unpaired) electrons. The molecule has 1 N–H and O–H groups in total. The number of carboxylic acids is 1. The van der Waals surface area contributed by atoms with Crippen LogP contribution in [-0.4, -0.2) is 18.2 Å². The summed E-state index contributed by atoms with van der Waals surface area (Å²) in [5.74, 6) is 0.563. The molecule has 0 saturated carbocycles. The first kappa shape index (κ1) is 28.4. The molecular formula is C34H39FO4. The van der Waals surface area contributed by atoms with Gasteiger partial charge in [0.2, 0.25) is 0 Å². The summed E-state index contributed by atoms with van der Waals surface area (Å²) in [6.45, 7) is 9.02. The summed E-state index contributed by atoms with van der Waals surface area (Å²) in [7, 11) is 1.59. The predicted octanol–water partition coefficient (Wildman–Crippen LogP) is 8.89. The second-order valence-corrected chi connectivity index (χ2v) is 11.6. The molecule has 0 saturated heterocycles. The lowest BCUT2D eigenvalue weighted by molar-refractivity contribution is -0.137. The average molecular weight is 531 g/mol. The molecule has 0 fully saturated rings. The van der Waals surface area contributed by atoms with Gasteiger partial charge in [0.05, 0.1) is 13.5 Å². The van der Waals surface area contributed by atoms with E-state index in [0.29, 0.717) is 29.6 Å². The summed E-state index contributed by atoms with van der Waals surface area (Å²) >= 11 is 0.